The maximum atomic E-state index is 13.1. The first-order chi connectivity index (χ1) is 12.6. The van der Waals surface area contributed by atoms with Crippen molar-refractivity contribution in [2.24, 2.45) is 7.05 Å². The van der Waals surface area contributed by atoms with Crippen LogP contribution in [0.3, 0.4) is 0 Å². The number of amides is 1. The zero-order valence-corrected chi connectivity index (χ0v) is 15.8. The molecule has 0 saturated carbocycles. The van der Waals surface area contributed by atoms with E-state index in [4.69, 9.17) is 4.74 Å². The minimum Gasteiger partial charge on any atom is -0.373 e. The number of likely N-dealkylation sites (N-methyl/N-ethyl adjacent to an activating group) is 1. The van der Waals surface area contributed by atoms with Gasteiger partial charge in [-0.25, -0.2) is 4.98 Å². The zero-order chi connectivity index (χ0) is 18.5. The Bertz CT molecular complexity index is 706. The maximum Gasteiger partial charge on any atom is 0.246 e. The van der Waals surface area contributed by atoms with E-state index < -0.39 is 0 Å². The van der Waals surface area contributed by atoms with E-state index in [1.165, 1.54) is 5.56 Å². The lowest BCUT2D eigenvalue weighted by atomic mass is 10.0. The lowest BCUT2D eigenvalue weighted by Gasteiger charge is -2.35. The van der Waals surface area contributed by atoms with Crippen LogP contribution >= 0.6 is 0 Å². The average molecular weight is 356 g/mol. The highest BCUT2D eigenvalue weighted by atomic mass is 16.5. The number of benzene rings is 1. The SMILES string of the molecule is CN(C)C(C(=O)N1CCC(OCc2ccccc2)CC1)c1cncn1C. The van der Waals surface area contributed by atoms with Crippen molar-refractivity contribution >= 4 is 5.91 Å². The van der Waals surface area contributed by atoms with Crippen LogP contribution in [0.5, 0.6) is 0 Å². The number of piperidine rings is 1. The van der Waals surface area contributed by atoms with E-state index in [-0.39, 0.29) is 18.1 Å². The lowest BCUT2D eigenvalue weighted by molar-refractivity contribution is -0.139. The van der Waals surface area contributed by atoms with E-state index in [0.717, 1.165) is 31.6 Å². The van der Waals surface area contributed by atoms with Gasteiger partial charge in [0.1, 0.15) is 6.04 Å². The number of rotatable bonds is 6. The zero-order valence-electron chi connectivity index (χ0n) is 15.8. The molecule has 1 aromatic carbocycles. The van der Waals surface area contributed by atoms with Crippen LogP contribution in [-0.4, -0.2) is 58.5 Å². The maximum absolute atomic E-state index is 13.1. The van der Waals surface area contributed by atoms with E-state index in [9.17, 15) is 4.79 Å². The molecule has 26 heavy (non-hydrogen) atoms. The molecule has 1 saturated heterocycles. The third kappa shape index (κ3) is 4.31. The molecule has 0 bridgehead atoms. The van der Waals surface area contributed by atoms with Crippen LogP contribution in [0.15, 0.2) is 42.9 Å². The topological polar surface area (TPSA) is 50.6 Å². The highest BCUT2D eigenvalue weighted by Gasteiger charge is 2.32. The van der Waals surface area contributed by atoms with Gasteiger partial charge in [-0.15, -0.1) is 0 Å². The molecule has 3 rings (SSSR count). The van der Waals surface area contributed by atoms with E-state index >= 15 is 0 Å². The van der Waals surface area contributed by atoms with Crippen LogP contribution in [0.25, 0.3) is 0 Å². The fourth-order valence-corrected chi connectivity index (χ4v) is 3.45. The monoisotopic (exact) mass is 356 g/mol. The first-order valence-electron chi connectivity index (χ1n) is 9.13. The third-order valence-corrected chi connectivity index (χ3v) is 4.97. The summed E-state index contributed by atoms with van der Waals surface area (Å²) in [5.74, 6) is 0.139. The molecule has 1 atom stereocenters. The molecule has 0 aliphatic carbocycles. The number of aryl methyl sites for hydroxylation is 1. The fraction of sp³-hybridized carbons (Fsp3) is 0.500. The number of hydrogen-bond donors (Lipinski definition) is 0. The minimum atomic E-state index is -0.302. The van der Waals surface area contributed by atoms with Crippen molar-refractivity contribution in [1.82, 2.24) is 19.4 Å². The normalized spacial score (nSPS) is 16.8. The van der Waals surface area contributed by atoms with Crippen LogP contribution < -0.4 is 0 Å². The lowest BCUT2D eigenvalue weighted by Crippen LogP contribution is -2.46. The van der Waals surface area contributed by atoms with Gasteiger partial charge in [-0.3, -0.25) is 9.69 Å². The average Bonchev–Trinajstić information content (AvgIpc) is 3.07. The highest BCUT2D eigenvalue weighted by Crippen LogP contribution is 2.23. The van der Waals surface area contributed by atoms with Gasteiger partial charge in [-0.2, -0.15) is 0 Å². The van der Waals surface area contributed by atoms with Gasteiger partial charge in [-0.1, -0.05) is 30.3 Å². The van der Waals surface area contributed by atoms with E-state index in [0.29, 0.717) is 6.61 Å². The van der Waals surface area contributed by atoms with Gasteiger partial charge >= 0.3 is 0 Å². The Balaban J connectivity index is 1.55. The Morgan fingerprint density at radius 3 is 2.54 bits per heavy atom. The third-order valence-electron chi connectivity index (χ3n) is 4.97. The molecule has 0 spiro atoms. The smallest absolute Gasteiger partial charge is 0.246 e. The molecule has 6 heteroatoms. The van der Waals surface area contributed by atoms with Gasteiger partial charge in [0.2, 0.25) is 5.91 Å². The number of likely N-dealkylation sites (tertiary alicyclic amines) is 1. The van der Waals surface area contributed by atoms with Crippen LogP contribution in [-0.2, 0) is 23.2 Å². The summed E-state index contributed by atoms with van der Waals surface area (Å²) in [4.78, 5) is 21.2. The van der Waals surface area contributed by atoms with Crippen LogP contribution in [0.4, 0.5) is 0 Å². The number of carbonyl (C=O) groups is 1. The number of ether oxygens (including phenoxy) is 1. The van der Waals surface area contributed by atoms with E-state index in [2.05, 4.69) is 17.1 Å². The summed E-state index contributed by atoms with van der Waals surface area (Å²) in [5.41, 5.74) is 2.11. The Morgan fingerprint density at radius 2 is 1.96 bits per heavy atom. The number of hydrogen-bond acceptors (Lipinski definition) is 4. The Labute approximate surface area is 155 Å². The molecule has 1 aliphatic rings. The molecule has 0 radical (unpaired) electrons. The quantitative estimate of drug-likeness (QED) is 0.796. The van der Waals surface area contributed by atoms with Crippen molar-refractivity contribution < 1.29 is 9.53 Å². The highest BCUT2D eigenvalue weighted by molar-refractivity contribution is 5.83. The van der Waals surface area contributed by atoms with Gasteiger partial charge in [0.25, 0.3) is 0 Å². The van der Waals surface area contributed by atoms with Crippen molar-refractivity contribution in [3.8, 4) is 0 Å². The van der Waals surface area contributed by atoms with Crippen LogP contribution in [0.1, 0.15) is 30.1 Å². The fourth-order valence-electron chi connectivity index (χ4n) is 3.45. The summed E-state index contributed by atoms with van der Waals surface area (Å²) in [6.07, 6.45) is 5.49. The molecule has 0 N–H and O–H groups in total. The van der Waals surface area contributed by atoms with Crippen molar-refractivity contribution in [2.75, 3.05) is 27.2 Å². The number of carbonyl (C=O) groups excluding carboxylic acids is 1. The summed E-state index contributed by atoms with van der Waals surface area (Å²) in [6.45, 7) is 2.11. The number of aromatic nitrogens is 2. The Hall–Kier alpha value is -2.18. The number of imidazole rings is 1. The van der Waals surface area contributed by atoms with E-state index in [1.807, 2.05) is 53.7 Å². The summed E-state index contributed by atoms with van der Waals surface area (Å²) >= 11 is 0. The molecular formula is C20H28N4O2. The summed E-state index contributed by atoms with van der Waals surface area (Å²) in [7, 11) is 5.80. The minimum absolute atomic E-state index is 0.139. The van der Waals surface area contributed by atoms with Crippen molar-refractivity contribution in [3.05, 3.63) is 54.1 Å². The van der Waals surface area contributed by atoms with Crippen molar-refractivity contribution in [3.63, 3.8) is 0 Å². The second-order valence-electron chi connectivity index (χ2n) is 7.12. The number of nitrogens with zero attached hydrogens (tertiary/aromatic N) is 4. The second-order valence-corrected chi connectivity index (χ2v) is 7.12. The molecule has 140 valence electrons. The van der Waals surface area contributed by atoms with Crippen molar-refractivity contribution in [1.29, 1.82) is 0 Å². The summed E-state index contributed by atoms with van der Waals surface area (Å²) in [6, 6.07) is 9.92. The largest absolute Gasteiger partial charge is 0.373 e. The molecule has 1 unspecified atom stereocenters. The van der Waals surface area contributed by atoms with Gasteiger partial charge in [-0.05, 0) is 32.5 Å². The molecular weight excluding hydrogens is 328 g/mol. The van der Waals surface area contributed by atoms with Gasteiger partial charge in [0.05, 0.1) is 30.9 Å². The summed E-state index contributed by atoms with van der Waals surface area (Å²) < 4.78 is 7.95. The first kappa shape index (κ1) is 18.6. The summed E-state index contributed by atoms with van der Waals surface area (Å²) in [5, 5.41) is 0. The van der Waals surface area contributed by atoms with Gasteiger partial charge in [0.15, 0.2) is 0 Å². The predicted molar refractivity (Wildman–Crippen MR) is 100 cm³/mol. The van der Waals surface area contributed by atoms with Gasteiger partial charge < -0.3 is 14.2 Å². The molecule has 2 aromatic rings. The molecule has 2 heterocycles. The Morgan fingerprint density at radius 1 is 1.27 bits per heavy atom. The molecule has 1 aliphatic heterocycles. The van der Waals surface area contributed by atoms with Crippen LogP contribution in [0.2, 0.25) is 0 Å². The Kier molecular flexibility index (Phi) is 6.06. The van der Waals surface area contributed by atoms with Crippen LogP contribution in [0, 0.1) is 0 Å². The standard InChI is InChI=1S/C20H28N4O2/c1-22(2)19(18-13-21-15-23(18)3)20(25)24-11-9-17(10-12-24)26-14-16-7-5-4-6-8-16/h4-8,13,15,17,19H,9-12,14H2,1-3H3. The molecule has 6 nitrogen and oxygen atoms in total. The van der Waals surface area contributed by atoms with E-state index in [1.54, 1.807) is 12.5 Å². The molecule has 1 amide bonds. The molecule has 1 fully saturated rings. The van der Waals surface area contributed by atoms with Crippen molar-refractivity contribution in [2.45, 2.75) is 31.6 Å². The predicted octanol–water partition coefficient (Wildman–Crippen LogP) is 2.23. The van der Waals surface area contributed by atoms with Gasteiger partial charge in [0, 0.05) is 20.1 Å². The second kappa shape index (κ2) is 8.47. The molecule has 1 aromatic heterocycles. The first-order valence-corrected chi connectivity index (χ1v) is 9.13.